The third-order valence-electron chi connectivity index (χ3n) is 3.65. The summed E-state index contributed by atoms with van der Waals surface area (Å²) in [5, 5.41) is 9.78. The van der Waals surface area contributed by atoms with E-state index in [0.717, 1.165) is 11.3 Å². The number of ether oxygens (including phenoxy) is 1. The SMILES string of the molecule is C[C@H](C(=O)O)c1ccc2c(c1)N=C(c1ccc(Cl)cc1)CO2. The summed E-state index contributed by atoms with van der Waals surface area (Å²) >= 11 is 5.89. The van der Waals surface area contributed by atoms with Crippen LogP contribution in [0.4, 0.5) is 5.69 Å². The van der Waals surface area contributed by atoms with E-state index >= 15 is 0 Å². The summed E-state index contributed by atoms with van der Waals surface area (Å²) in [7, 11) is 0. The molecule has 0 aliphatic carbocycles. The van der Waals surface area contributed by atoms with Gasteiger partial charge in [-0.15, -0.1) is 0 Å². The van der Waals surface area contributed by atoms with Gasteiger partial charge < -0.3 is 9.84 Å². The fourth-order valence-electron chi connectivity index (χ4n) is 2.27. The molecular formula is C17H14ClNO3. The second kappa shape index (κ2) is 5.81. The van der Waals surface area contributed by atoms with Gasteiger partial charge in [0.2, 0.25) is 0 Å². The van der Waals surface area contributed by atoms with Crippen molar-refractivity contribution in [2.24, 2.45) is 4.99 Å². The first-order valence-electron chi connectivity index (χ1n) is 6.87. The van der Waals surface area contributed by atoms with Crippen LogP contribution in [0.1, 0.15) is 24.0 Å². The van der Waals surface area contributed by atoms with E-state index in [0.29, 0.717) is 28.6 Å². The summed E-state index contributed by atoms with van der Waals surface area (Å²) in [6.07, 6.45) is 0. The molecule has 1 aliphatic heterocycles. The van der Waals surface area contributed by atoms with Crippen LogP contribution in [0.5, 0.6) is 5.75 Å². The molecule has 0 radical (unpaired) electrons. The first-order valence-corrected chi connectivity index (χ1v) is 7.25. The highest BCUT2D eigenvalue weighted by Gasteiger charge is 2.19. The Balaban J connectivity index is 1.98. The third-order valence-corrected chi connectivity index (χ3v) is 3.90. The van der Waals surface area contributed by atoms with Gasteiger partial charge in [-0.2, -0.15) is 0 Å². The molecule has 1 N–H and O–H groups in total. The van der Waals surface area contributed by atoms with Gasteiger partial charge in [-0.3, -0.25) is 4.79 Å². The van der Waals surface area contributed by atoms with Crippen molar-refractivity contribution in [1.82, 2.24) is 0 Å². The summed E-state index contributed by atoms with van der Waals surface area (Å²) in [5.41, 5.74) is 3.09. The van der Waals surface area contributed by atoms with Gasteiger partial charge in [0, 0.05) is 5.02 Å². The van der Waals surface area contributed by atoms with Crippen LogP contribution in [0.15, 0.2) is 47.5 Å². The molecule has 2 aromatic carbocycles. The third kappa shape index (κ3) is 2.83. The van der Waals surface area contributed by atoms with Crippen LogP contribution in [0, 0.1) is 0 Å². The zero-order valence-electron chi connectivity index (χ0n) is 11.9. The molecule has 0 fully saturated rings. The number of hydrogen-bond acceptors (Lipinski definition) is 3. The summed E-state index contributed by atoms with van der Waals surface area (Å²) in [5.74, 6) is -0.779. The highest BCUT2D eigenvalue weighted by Crippen LogP contribution is 2.34. The standard InChI is InChI=1S/C17H14ClNO3/c1-10(17(20)21)12-4-7-16-14(8-12)19-15(9-22-16)11-2-5-13(18)6-3-11/h2-8,10H,9H2,1H3,(H,20,21)/t10-/m0/s1. The fourth-order valence-corrected chi connectivity index (χ4v) is 2.40. The molecule has 5 heteroatoms. The van der Waals surface area contributed by atoms with Crippen molar-refractivity contribution in [2.75, 3.05) is 6.61 Å². The summed E-state index contributed by atoms with van der Waals surface area (Å²) < 4.78 is 5.70. The first kappa shape index (κ1) is 14.6. The molecule has 0 spiro atoms. The monoisotopic (exact) mass is 315 g/mol. The van der Waals surface area contributed by atoms with Gasteiger partial charge >= 0.3 is 5.97 Å². The lowest BCUT2D eigenvalue weighted by molar-refractivity contribution is -0.138. The quantitative estimate of drug-likeness (QED) is 0.929. The number of benzene rings is 2. The number of aliphatic imine (C=N–C) groups is 1. The molecule has 0 aromatic heterocycles. The molecule has 1 heterocycles. The van der Waals surface area contributed by atoms with Gasteiger partial charge in [-0.25, -0.2) is 4.99 Å². The Morgan fingerprint density at radius 3 is 2.68 bits per heavy atom. The predicted molar refractivity (Wildman–Crippen MR) is 85.6 cm³/mol. The molecule has 22 heavy (non-hydrogen) atoms. The van der Waals surface area contributed by atoms with E-state index in [1.807, 2.05) is 12.1 Å². The highest BCUT2D eigenvalue weighted by molar-refractivity contribution is 6.30. The van der Waals surface area contributed by atoms with Crippen molar-refractivity contribution < 1.29 is 14.6 Å². The zero-order valence-corrected chi connectivity index (χ0v) is 12.7. The van der Waals surface area contributed by atoms with Crippen molar-refractivity contribution in [2.45, 2.75) is 12.8 Å². The highest BCUT2D eigenvalue weighted by atomic mass is 35.5. The lowest BCUT2D eigenvalue weighted by Gasteiger charge is -2.18. The number of carbonyl (C=O) groups is 1. The topological polar surface area (TPSA) is 58.9 Å². The Labute approximate surface area is 133 Å². The number of nitrogens with zero attached hydrogens (tertiary/aromatic N) is 1. The predicted octanol–water partition coefficient (Wildman–Crippen LogP) is 4.04. The molecule has 4 nitrogen and oxygen atoms in total. The minimum absolute atomic E-state index is 0.377. The van der Waals surface area contributed by atoms with Crippen LogP contribution < -0.4 is 4.74 Å². The van der Waals surface area contributed by atoms with Crippen molar-refractivity contribution in [3.8, 4) is 5.75 Å². The number of hydrogen-bond donors (Lipinski definition) is 1. The molecule has 0 amide bonds. The maximum absolute atomic E-state index is 11.1. The van der Waals surface area contributed by atoms with Gasteiger partial charge in [-0.05, 0) is 42.3 Å². The Morgan fingerprint density at radius 2 is 2.00 bits per heavy atom. The first-order chi connectivity index (χ1) is 10.5. The second-order valence-corrected chi connectivity index (χ2v) is 5.58. The molecule has 2 aromatic rings. The smallest absolute Gasteiger partial charge is 0.310 e. The average Bonchev–Trinajstić information content (AvgIpc) is 2.53. The Kier molecular flexibility index (Phi) is 3.86. The Morgan fingerprint density at radius 1 is 1.27 bits per heavy atom. The van der Waals surface area contributed by atoms with E-state index in [4.69, 9.17) is 21.4 Å². The van der Waals surface area contributed by atoms with E-state index in [9.17, 15) is 4.79 Å². The molecule has 1 atom stereocenters. The van der Waals surface area contributed by atoms with Gasteiger partial charge in [0.15, 0.2) is 0 Å². The van der Waals surface area contributed by atoms with Gasteiger partial charge in [0.1, 0.15) is 18.0 Å². The van der Waals surface area contributed by atoms with Crippen LogP contribution in [0.3, 0.4) is 0 Å². The van der Waals surface area contributed by atoms with Crippen molar-refractivity contribution >= 4 is 29.0 Å². The van der Waals surface area contributed by atoms with E-state index < -0.39 is 11.9 Å². The summed E-state index contributed by atoms with van der Waals surface area (Å²) in [6, 6.07) is 12.7. The molecule has 112 valence electrons. The van der Waals surface area contributed by atoms with Crippen LogP contribution in [-0.4, -0.2) is 23.4 Å². The lowest BCUT2D eigenvalue weighted by Crippen LogP contribution is -2.16. The van der Waals surface area contributed by atoms with Crippen molar-refractivity contribution in [1.29, 1.82) is 0 Å². The number of rotatable bonds is 3. The largest absolute Gasteiger partial charge is 0.485 e. The minimum Gasteiger partial charge on any atom is -0.485 e. The maximum atomic E-state index is 11.1. The molecule has 1 aliphatic rings. The van der Waals surface area contributed by atoms with Crippen molar-refractivity contribution in [3.05, 3.63) is 58.6 Å². The minimum atomic E-state index is -0.862. The van der Waals surface area contributed by atoms with Crippen molar-refractivity contribution in [3.63, 3.8) is 0 Å². The zero-order chi connectivity index (χ0) is 15.7. The number of halogens is 1. The Bertz CT molecular complexity index is 753. The molecule has 0 bridgehead atoms. The maximum Gasteiger partial charge on any atom is 0.310 e. The van der Waals surface area contributed by atoms with E-state index in [1.165, 1.54) is 0 Å². The van der Waals surface area contributed by atoms with Crippen LogP contribution >= 0.6 is 11.6 Å². The second-order valence-electron chi connectivity index (χ2n) is 5.14. The Hall–Kier alpha value is -2.33. The number of carboxylic acid groups (broad SMARTS) is 1. The normalized spacial score (nSPS) is 14.5. The molecule has 3 rings (SSSR count). The van der Waals surface area contributed by atoms with Crippen LogP contribution in [0.25, 0.3) is 0 Å². The molecular weight excluding hydrogens is 302 g/mol. The fraction of sp³-hybridized carbons (Fsp3) is 0.176. The van der Waals surface area contributed by atoms with E-state index in [-0.39, 0.29) is 0 Å². The molecule has 0 saturated carbocycles. The summed E-state index contributed by atoms with van der Waals surface area (Å²) in [4.78, 5) is 15.7. The van der Waals surface area contributed by atoms with E-state index in [2.05, 4.69) is 4.99 Å². The lowest BCUT2D eigenvalue weighted by atomic mass is 10.00. The van der Waals surface area contributed by atoms with Gasteiger partial charge in [0.05, 0.1) is 11.6 Å². The average molecular weight is 316 g/mol. The molecule has 0 saturated heterocycles. The van der Waals surface area contributed by atoms with E-state index in [1.54, 1.807) is 37.3 Å². The van der Waals surface area contributed by atoms with Gasteiger partial charge in [-0.1, -0.05) is 29.8 Å². The summed E-state index contributed by atoms with van der Waals surface area (Å²) in [6.45, 7) is 2.03. The number of aliphatic carboxylic acids is 1. The number of fused-ring (bicyclic) bond motifs is 1. The molecule has 0 unspecified atom stereocenters. The number of carboxylic acids is 1. The van der Waals surface area contributed by atoms with Crippen LogP contribution in [-0.2, 0) is 4.79 Å². The van der Waals surface area contributed by atoms with Crippen LogP contribution in [0.2, 0.25) is 5.02 Å². The van der Waals surface area contributed by atoms with Gasteiger partial charge in [0.25, 0.3) is 0 Å².